The lowest BCUT2D eigenvalue weighted by molar-refractivity contribution is 0.280. The fourth-order valence-corrected chi connectivity index (χ4v) is 1.85. The first-order chi connectivity index (χ1) is 9.10. The highest BCUT2D eigenvalue weighted by atomic mass is 16.5. The maximum atomic E-state index is 9.12. The van der Waals surface area contributed by atoms with E-state index in [0.717, 1.165) is 17.0 Å². The number of rotatable bonds is 4. The zero-order valence-electron chi connectivity index (χ0n) is 11.6. The fourth-order valence-electron chi connectivity index (χ4n) is 1.85. The zero-order valence-corrected chi connectivity index (χ0v) is 11.6. The topological polar surface area (TPSA) is 42.4 Å². The van der Waals surface area contributed by atoms with Gasteiger partial charge in [0.15, 0.2) is 0 Å². The Morgan fingerprint density at radius 3 is 2.63 bits per heavy atom. The number of benzene rings is 1. The van der Waals surface area contributed by atoms with Crippen molar-refractivity contribution in [2.75, 3.05) is 0 Å². The van der Waals surface area contributed by atoms with Crippen LogP contribution < -0.4 is 4.74 Å². The van der Waals surface area contributed by atoms with E-state index >= 15 is 0 Å². The van der Waals surface area contributed by atoms with E-state index in [1.807, 2.05) is 31.2 Å². The predicted octanol–water partition coefficient (Wildman–Crippen LogP) is 3.80. The quantitative estimate of drug-likeness (QED) is 0.906. The number of pyridine rings is 1. The van der Waals surface area contributed by atoms with Crippen molar-refractivity contribution >= 4 is 0 Å². The van der Waals surface area contributed by atoms with E-state index in [9.17, 15) is 0 Å². The Bertz CT molecular complexity index is 564. The van der Waals surface area contributed by atoms with E-state index < -0.39 is 0 Å². The molecule has 1 N–H and O–H groups in total. The molecule has 1 aromatic carbocycles. The summed E-state index contributed by atoms with van der Waals surface area (Å²) in [5, 5.41) is 9.12. The molecule has 0 saturated carbocycles. The molecule has 0 radical (unpaired) electrons. The van der Waals surface area contributed by atoms with Gasteiger partial charge >= 0.3 is 0 Å². The van der Waals surface area contributed by atoms with Crippen LogP contribution in [0.25, 0.3) is 0 Å². The van der Waals surface area contributed by atoms with Crippen molar-refractivity contribution in [2.24, 2.45) is 0 Å². The Balaban J connectivity index is 2.21. The highest BCUT2D eigenvalue weighted by Gasteiger charge is 2.05. The number of hydrogen-bond acceptors (Lipinski definition) is 3. The molecule has 0 bridgehead atoms. The molecule has 0 amide bonds. The highest BCUT2D eigenvalue weighted by Crippen LogP contribution is 2.24. The molecule has 2 aromatic rings. The summed E-state index contributed by atoms with van der Waals surface area (Å²) >= 11 is 0. The van der Waals surface area contributed by atoms with Crippen LogP contribution in [-0.2, 0) is 6.61 Å². The third-order valence-electron chi connectivity index (χ3n) is 3.09. The molecule has 0 aliphatic heterocycles. The van der Waals surface area contributed by atoms with Gasteiger partial charge in [0.2, 0.25) is 5.88 Å². The van der Waals surface area contributed by atoms with E-state index in [1.165, 1.54) is 5.56 Å². The summed E-state index contributed by atoms with van der Waals surface area (Å²) in [5.74, 6) is 1.81. The van der Waals surface area contributed by atoms with Crippen LogP contribution >= 0.6 is 0 Å². The van der Waals surface area contributed by atoms with Gasteiger partial charge in [-0.25, -0.2) is 4.98 Å². The molecule has 1 aromatic heterocycles. The van der Waals surface area contributed by atoms with Crippen LogP contribution in [0.5, 0.6) is 11.6 Å². The summed E-state index contributed by atoms with van der Waals surface area (Å²) in [7, 11) is 0. The second-order valence-electron chi connectivity index (χ2n) is 4.88. The standard InChI is InChI=1S/C16H19NO2/c1-11(2)13-5-4-6-15(9-13)19-16-8-7-14(10-18)12(3)17-16/h4-9,11,18H,10H2,1-3H3. The summed E-state index contributed by atoms with van der Waals surface area (Å²) in [6, 6.07) is 11.6. The van der Waals surface area contributed by atoms with Gasteiger partial charge < -0.3 is 9.84 Å². The number of nitrogens with zero attached hydrogens (tertiary/aromatic N) is 1. The average molecular weight is 257 g/mol. The minimum Gasteiger partial charge on any atom is -0.439 e. The molecule has 2 rings (SSSR count). The summed E-state index contributed by atoms with van der Waals surface area (Å²) in [6.45, 7) is 6.17. The number of aryl methyl sites for hydroxylation is 1. The summed E-state index contributed by atoms with van der Waals surface area (Å²) in [6.07, 6.45) is 0. The second-order valence-corrected chi connectivity index (χ2v) is 4.88. The molecule has 19 heavy (non-hydrogen) atoms. The Morgan fingerprint density at radius 1 is 1.21 bits per heavy atom. The largest absolute Gasteiger partial charge is 0.439 e. The minimum atomic E-state index is 0.00193. The van der Waals surface area contributed by atoms with Crippen molar-refractivity contribution in [2.45, 2.75) is 33.3 Å². The van der Waals surface area contributed by atoms with E-state index in [2.05, 4.69) is 24.9 Å². The molecule has 0 atom stereocenters. The van der Waals surface area contributed by atoms with Crippen LogP contribution in [0.2, 0.25) is 0 Å². The molecule has 3 nitrogen and oxygen atoms in total. The van der Waals surface area contributed by atoms with Crippen molar-refractivity contribution in [1.29, 1.82) is 0 Å². The normalized spacial score (nSPS) is 10.8. The summed E-state index contributed by atoms with van der Waals surface area (Å²) in [5.41, 5.74) is 2.85. The fraction of sp³-hybridized carbons (Fsp3) is 0.312. The van der Waals surface area contributed by atoms with Gasteiger partial charge in [-0.3, -0.25) is 0 Å². The Kier molecular flexibility index (Phi) is 4.17. The lowest BCUT2D eigenvalue weighted by Crippen LogP contribution is -1.96. The smallest absolute Gasteiger partial charge is 0.219 e. The molecule has 100 valence electrons. The van der Waals surface area contributed by atoms with Crippen LogP contribution in [0.15, 0.2) is 36.4 Å². The van der Waals surface area contributed by atoms with Gasteiger partial charge in [-0.1, -0.05) is 26.0 Å². The Morgan fingerprint density at radius 2 is 2.00 bits per heavy atom. The van der Waals surface area contributed by atoms with E-state index in [0.29, 0.717) is 11.8 Å². The van der Waals surface area contributed by atoms with E-state index in [-0.39, 0.29) is 6.61 Å². The number of aliphatic hydroxyl groups excluding tert-OH is 1. The van der Waals surface area contributed by atoms with Gasteiger partial charge in [-0.15, -0.1) is 0 Å². The van der Waals surface area contributed by atoms with Crippen molar-refractivity contribution in [3.05, 3.63) is 53.2 Å². The van der Waals surface area contributed by atoms with Crippen molar-refractivity contribution in [1.82, 2.24) is 4.98 Å². The van der Waals surface area contributed by atoms with Crippen LogP contribution in [-0.4, -0.2) is 10.1 Å². The van der Waals surface area contributed by atoms with Gasteiger partial charge in [0.25, 0.3) is 0 Å². The molecule has 1 heterocycles. The molecular weight excluding hydrogens is 238 g/mol. The number of hydrogen-bond donors (Lipinski definition) is 1. The molecule has 0 aliphatic rings. The highest BCUT2D eigenvalue weighted by molar-refractivity contribution is 5.34. The predicted molar refractivity (Wildman–Crippen MR) is 75.5 cm³/mol. The summed E-state index contributed by atoms with van der Waals surface area (Å²) < 4.78 is 5.76. The minimum absolute atomic E-state index is 0.00193. The van der Waals surface area contributed by atoms with Gasteiger partial charge in [-0.05, 0) is 42.2 Å². The van der Waals surface area contributed by atoms with Gasteiger partial charge in [0.1, 0.15) is 5.75 Å². The molecule has 3 heteroatoms. The van der Waals surface area contributed by atoms with Crippen LogP contribution in [0.3, 0.4) is 0 Å². The number of aliphatic hydroxyl groups is 1. The Hall–Kier alpha value is -1.87. The van der Waals surface area contributed by atoms with Gasteiger partial charge in [0, 0.05) is 11.8 Å². The van der Waals surface area contributed by atoms with E-state index in [4.69, 9.17) is 9.84 Å². The lowest BCUT2D eigenvalue weighted by Gasteiger charge is -2.10. The SMILES string of the molecule is Cc1nc(Oc2cccc(C(C)C)c2)ccc1CO. The van der Waals surface area contributed by atoms with Crippen molar-refractivity contribution in [3.63, 3.8) is 0 Å². The first-order valence-corrected chi connectivity index (χ1v) is 6.45. The number of aromatic nitrogens is 1. The Labute approximate surface area is 113 Å². The second kappa shape index (κ2) is 5.85. The summed E-state index contributed by atoms with van der Waals surface area (Å²) in [4.78, 5) is 4.33. The molecule has 0 unspecified atom stereocenters. The lowest BCUT2D eigenvalue weighted by atomic mass is 10.0. The van der Waals surface area contributed by atoms with Gasteiger partial charge in [-0.2, -0.15) is 0 Å². The van der Waals surface area contributed by atoms with Crippen LogP contribution in [0, 0.1) is 6.92 Å². The van der Waals surface area contributed by atoms with Crippen molar-refractivity contribution < 1.29 is 9.84 Å². The first kappa shape index (κ1) is 13.6. The maximum Gasteiger partial charge on any atom is 0.219 e. The van der Waals surface area contributed by atoms with Crippen molar-refractivity contribution in [3.8, 4) is 11.6 Å². The van der Waals surface area contributed by atoms with Crippen LogP contribution in [0.4, 0.5) is 0 Å². The van der Waals surface area contributed by atoms with Gasteiger partial charge in [0.05, 0.1) is 6.61 Å². The first-order valence-electron chi connectivity index (χ1n) is 6.45. The monoisotopic (exact) mass is 257 g/mol. The third-order valence-corrected chi connectivity index (χ3v) is 3.09. The maximum absolute atomic E-state index is 9.12. The average Bonchev–Trinajstić information content (AvgIpc) is 2.39. The third kappa shape index (κ3) is 3.32. The van der Waals surface area contributed by atoms with Crippen LogP contribution in [0.1, 0.15) is 36.6 Å². The number of ether oxygens (including phenoxy) is 1. The zero-order chi connectivity index (χ0) is 13.8. The molecular formula is C16H19NO2. The molecule has 0 spiro atoms. The molecule has 0 aliphatic carbocycles. The molecule has 0 fully saturated rings. The molecule has 0 saturated heterocycles. The van der Waals surface area contributed by atoms with E-state index in [1.54, 1.807) is 6.07 Å².